The molecule has 0 bridgehead atoms. The van der Waals surface area contributed by atoms with E-state index in [9.17, 15) is 0 Å². The van der Waals surface area contributed by atoms with Crippen molar-refractivity contribution >= 4 is 22.6 Å². The zero-order valence-electron chi connectivity index (χ0n) is 11.5. The number of nitrogens with two attached hydrogens (primary N) is 1. The van der Waals surface area contributed by atoms with Crippen LogP contribution in [-0.4, -0.2) is 9.55 Å². The molecule has 0 saturated heterocycles. The molecule has 0 fully saturated rings. The van der Waals surface area contributed by atoms with E-state index in [1.807, 2.05) is 37.4 Å². The number of rotatable bonds is 2. The minimum Gasteiger partial charge on any atom is -0.327 e. The predicted molar refractivity (Wildman–Crippen MR) is 83.8 cm³/mol. The van der Waals surface area contributed by atoms with Crippen molar-refractivity contribution in [3.05, 3.63) is 52.5 Å². The van der Waals surface area contributed by atoms with Crippen molar-refractivity contribution in [2.75, 3.05) is 0 Å². The Morgan fingerprint density at radius 2 is 2.05 bits per heavy atom. The summed E-state index contributed by atoms with van der Waals surface area (Å²) in [5, 5.41) is 0.719. The standard InChI is InChI=1S/C16H16ClN3/c1-10-6-7-12(17)8-13(10)16-19-15-11(9-18)4-3-5-14(15)20(16)2/h3-8H,9,18H2,1-2H3. The molecule has 2 aromatic carbocycles. The Hall–Kier alpha value is -1.84. The summed E-state index contributed by atoms with van der Waals surface area (Å²) >= 11 is 6.12. The van der Waals surface area contributed by atoms with Gasteiger partial charge in [0.05, 0.1) is 11.0 Å². The first-order valence-corrected chi connectivity index (χ1v) is 6.90. The number of benzene rings is 2. The lowest BCUT2D eigenvalue weighted by atomic mass is 10.1. The number of fused-ring (bicyclic) bond motifs is 1. The first-order valence-electron chi connectivity index (χ1n) is 6.52. The van der Waals surface area contributed by atoms with E-state index in [4.69, 9.17) is 22.3 Å². The minimum absolute atomic E-state index is 0.488. The van der Waals surface area contributed by atoms with Gasteiger partial charge >= 0.3 is 0 Å². The van der Waals surface area contributed by atoms with Gasteiger partial charge in [0.25, 0.3) is 0 Å². The molecule has 4 heteroatoms. The maximum atomic E-state index is 6.12. The molecule has 3 rings (SSSR count). The first-order chi connectivity index (χ1) is 9.61. The van der Waals surface area contributed by atoms with Gasteiger partial charge in [-0.15, -0.1) is 0 Å². The third-order valence-corrected chi connectivity index (χ3v) is 3.89. The Labute approximate surface area is 123 Å². The third kappa shape index (κ3) is 1.99. The predicted octanol–water partition coefficient (Wildman–Crippen LogP) is 3.66. The summed E-state index contributed by atoms with van der Waals surface area (Å²) in [5.74, 6) is 0.918. The van der Waals surface area contributed by atoms with E-state index in [0.29, 0.717) is 6.54 Å². The molecule has 3 nitrogen and oxygen atoms in total. The van der Waals surface area contributed by atoms with Crippen LogP contribution in [0, 0.1) is 6.92 Å². The Morgan fingerprint density at radius 3 is 2.80 bits per heavy atom. The lowest BCUT2D eigenvalue weighted by Crippen LogP contribution is -1.97. The second kappa shape index (κ2) is 4.93. The second-order valence-electron chi connectivity index (χ2n) is 4.94. The van der Waals surface area contributed by atoms with E-state index in [1.54, 1.807) is 0 Å². The largest absolute Gasteiger partial charge is 0.327 e. The maximum Gasteiger partial charge on any atom is 0.141 e. The molecule has 0 spiro atoms. The van der Waals surface area contributed by atoms with Crippen LogP contribution < -0.4 is 5.73 Å². The normalized spacial score (nSPS) is 11.2. The maximum absolute atomic E-state index is 6.12. The van der Waals surface area contributed by atoms with E-state index in [0.717, 1.165) is 38.6 Å². The molecular weight excluding hydrogens is 270 g/mol. The van der Waals surface area contributed by atoms with Crippen molar-refractivity contribution < 1.29 is 0 Å². The number of nitrogens with zero attached hydrogens (tertiary/aromatic N) is 2. The zero-order chi connectivity index (χ0) is 14.3. The van der Waals surface area contributed by atoms with Gasteiger partial charge in [-0.25, -0.2) is 4.98 Å². The van der Waals surface area contributed by atoms with Crippen molar-refractivity contribution in [1.29, 1.82) is 0 Å². The van der Waals surface area contributed by atoms with E-state index in [2.05, 4.69) is 17.6 Å². The Kier molecular flexibility index (Phi) is 3.24. The topological polar surface area (TPSA) is 43.8 Å². The van der Waals surface area contributed by atoms with Crippen molar-refractivity contribution in [2.24, 2.45) is 12.8 Å². The molecule has 1 heterocycles. The molecule has 0 aliphatic rings. The highest BCUT2D eigenvalue weighted by atomic mass is 35.5. The SMILES string of the molecule is Cc1ccc(Cl)cc1-c1nc2c(CN)cccc2n1C. The van der Waals surface area contributed by atoms with Crippen LogP contribution in [0.15, 0.2) is 36.4 Å². The molecule has 0 amide bonds. The van der Waals surface area contributed by atoms with Crippen LogP contribution in [0.5, 0.6) is 0 Å². The van der Waals surface area contributed by atoms with E-state index < -0.39 is 0 Å². The van der Waals surface area contributed by atoms with Crippen LogP contribution in [0.4, 0.5) is 0 Å². The highest BCUT2D eigenvalue weighted by molar-refractivity contribution is 6.30. The lowest BCUT2D eigenvalue weighted by molar-refractivity contribution is 0.957. The number of para-hydroxylation sites is 1. The molecule has 0 aliphatic heterocycles. The fourth-order valence-corrected chi connectivity index (χ4v) is 2.69. The monoisotopic (exact) mass is 285 g/mol. The molecule has 102 valence electrons. The fraction of sp³-hybridized carbons (Fsp3) is 0.188. The van der Waals surface area contributed by atoms with Crippen molar-refractivity contribution in [1.82, 2.24) is 9.55 Å². The van der Waals surface area contributed by atoms with Gasteiger partial charge in [0.2, 0.25) is 0 Å². The highest BCUT2D eigenvalue weighted by Gasteiger charge is 2.14. The quantitative estimate of drug-likeness (QED) is 0.781. The number of hydrogen-bond donors (Lipinski definition) is 1. The average molecular weight is 286 g/mol. The van der Waals surface area contributed by atoms with Crippen LogP contribution in [-0.2, 0) is 13.6 Å². The third-order valence-electron chi connectivity index (χ3n) is 3.66. The summed E-state index contributed by atoms with van der Waals surface area (Å²) < 4.78 is 2.09. The minimum atomic E-state index is 0.488. The Balaban J connectivity index is 2.32. The van der Waals surface area contributed by atoms with Gasteiger partial charge in [0, 0.05) is 24.2 Å². The lowest BCUT2D eigenvalue weighted by Gasteiger charge is -2.06. The number of aryl methyl sites for hydroxylation is 2. The van der Waals surface area contributed by atoms with Gasteiger partial charge in [-0.2, -0.15) is 0 Å². The van der Waals surface area contributed by atoms with E-state index >= 15 is 0 Å². The van der Waals surface area contributed by atoms with E-state index in [-0.39, 0.29) is 0 Å². The summed E-state index contributed by atoms with van der Waals surface area (Å²) in [5.41, 5.74) is 11.1. The zero-order valence-corrected chi connectivity index (χ0v) is 12.3. The van der Waals surface area contributed by atoms with Crippen LogP contribution >= 0.6 is 11.6 Å². The van der Waals surface area contributed by atoms with Crippen LogP contribution in [0.25, 0.3) is 22.4 Å². The number of aromatic nitrogens is 2. The highest BCUT2D eigenvalue weighted by Crippen LogP contribution is 2.29. The molecule has 1 aromatic heterocycles. The van der Waals surface area contributed by atoms with Gasteiger partial charge in [-0.05, 0) is 36.2 Å². The van der Waals surface area contributed by atoms with Crippen molar-refractivity contribution in [3.63, 3.8) is 0 Å². The molecule has 2 N–H and O–H groups in total. The van der Waals surface area contributed by atoms with Crippen LogP contribution in [0.3, 0.4) is 0 Å². The Morgan fingerprint density at radius 1 is 1.25 bits per heavy atom. The summed E-state index contributed by atoms with van der Waals surface area (Å²) in [7, 11) is 2.02. The summed E-state index contributed by atoms with van der Waals surface area (Å²) in [6.07, 6.45) is 0. The molecule has 3 aromatic rings. The molecule has 0 radical (unpaired) electrons. The molecular formula is C16H16ClN3. The van der Waals surface area contributed by atoms with Crippen molar-refractivity contribution in [2.45, 2.75) is 13.5 Å². The van der Waals surface area contributed by atoms with Gasteiger partial charge in [0.1, 0.15) is 5.82 Å². The number of imidazole rings is 1. The molecule has 0 aliphatic carbocycles. The second-order valence-corrected chi connectivity index (χ2v) is 5.38. The smallest absolute Gasteiger partial charge is 0.141 e. The summed E-state index contributed by atoms with van der Waals surface area (Å²) in [4.78, 5) is 4.78. The van der Waals surface area contributed by atoms with Gasteiger partial charge in [0.15, 0.2) is 0 Å². The summed E-state index contributed by atoms with van der Waals surface area (Å²) in [6, 6.07) is 12.0. The van der Waals surface area contributed by atoms with Gasteiger partial charge in [-0.3, -0.25) is 0 Å². The summed E-state index contributed by atoms with van der Waals surface area (Å²) in [6.45, 7) is 2.55. The van der Waals surface area contributed by atoms with Gasteiger partial charge in [-0.1, -0.05) is 29.8 Å². The van der Waals surface area contributed by atoms with Crippen molar-refractivity contribution in [3.8, 4) is 11.4 Å². The average Bonchev–Trinajstić information content (AvgIpc) is 2.79. The molecule has 0 atom stereocenters. The molecule has 0 unspecified atom stereocenters. The van der Waals surface area contributed by atoms with Crippen LogP contribution in [0.2, 0.25) is 5.02 Å². The number of halogens is 1. The number of hydrogen-bond acceptors (Lipinski definition) is 2. The molecule has 20 heavy (non-hydrogen) atoms. The molecule has 0 saturated carbocycles. The van der Waals surface area contributed by atoms with Crippen LogP contribution in [0.1, 0.15) is 11.1 Å². The first kappa shape index (κ1) is 13.2. The fourth-order valence-electron chi connectivity index (χ4n) is 2.51. The van der Waals surface area contributed by atoms with Gasteiger partial charge < -0.3 is 10.3 Å². The van der Waals surface area contributed by atoms with E-state index in [1.165, 1.54) is 0 Å². The Bertz CT molecular complexity index is 790.